The second kappa shape index (κ2) is 4.37. The first-order chi connectivity index (χ1) is 6.20. The molecule has 0 unspecified atom stereocenters. The molecule has 2 nitrogen and oxygen atoms in total. The number of methoxy groups -OCH3 is 1. The maximum atomic E-state index is 12.5. The molecule has 0 spiro atoms. The van der Waals surface area contributed by atoms with Crippen molar-refractivity contribution in [2.75, 3.05) is 7.11 Å². The molecule has 0 amide bonds. The van der Waals surface area contributed by atoms with Gasteiger partial charge >= 0.3 is 0 Å². The van der Waals surface area contributed by atoms with Crippen molar-refractivity contribution in [3.63, 3.8) is 0 Å². The molecule has 13 heavy (non-hydrogen) atoms. The Bertz CT molecular complexity index is 271. The molecule has 0 radical (unpaired) electrons. The fourth-order valence-corrected chi connectivity index (χ4v) is 1.22. The Morgan fingerprint density at radius 3 is 2.69 bits per heavy atom. The zero-order valence-electron chi connectivity index (χ0n) is 6.93. The predicted molar refractivity (Wildman–Crippen MR) is 45.3 cm³/mol. The summed E-state index contributed by atoms with van der Waals surface area (Å²) in [5.41, 5.74) is 0.128. The highest BCUT2D eigenvalue weighted by atomic mass is 35.5. The lowest BCUT2D eigenvalue weighted by atomic mass is 10.1. The topological polar surface area (TPSA) is 22.1 Å². The van der Waals surface area contributed by atoms with Gasteiger partial charge in [0.15, 0.2) is 0 Å². The molecule has 0 saturated carbocycles. The van der Waals surface area contributed by atoms with Crippen molar-refractivity contribution >= 4 is 11.6 Å². The molecular weight excluding hydrogens is 200 g/mol. The molecule has 1 aromatic heterocycles. The van der Waals surface area contributed by atoms with E-state index in [1.165, 1.54) is 19.5 Å². The summed E-state index contributed by atoms with van der Waals surface area (Å²) < 4.78 is 29.7. The number of pyridine rings is 1. The molecule has 1 aromatic rings. The van der Waals surface area contributed by atoms with Crippen LogP contribution in [0.2, 0.25) is 0 Å². The van der Waals surface area contributed by atoms with Gasteiger partial charge in [0.1, 0.15) is 5.75 Å². The van der Waals surface area contributed by atoms with Crippen LogP contribution in [0, 0.1) is 0 Å². The van der Waals surface area contributed by atoms with E-state index in [1.54, 1.807) is 0 Å². The van der Waals surface area contributed by atoms with Gasteiger partial charge in [-0.3, -0.25) is 4.98 Å². The lowest BCUT2D eigenvalue weighted by Crippen LogP contribution is -1.98. The highest BCUT2D eigenvalue weighted by Gasteiger charge is 2.18. The molecule has 0 atom stereocenters. The predicted octanol–water partition coefficient (Wildman–Crippen LogP) is 2.77. The average Bonchev–Trinajstić information content (AvgIpc) is 2.16. The summed E-state index contributed by atoms with van der Waals surface area (Å²) in [6.07, 6.45) is -0.0270. The smallest absolute Gasteiger partial charge is 0.267 e. The molecule has 0 aliphatic heterocycles. The van der Waals surface area contributed by atoms with E-state index in [0.29, 0.717) is 5.56 Å². The molecule has 0 N–H and O–H groups in total. The van der Waals surface area contributed by atoms with Crippen molar-refractivity contribution in [3.8, 4) is 5.75 Å². The van der Waals surface area contributed by atoms with E-state index >= 15 is 0 Å². The van der Waals surface area contributed by atoms with Gasteiger partial charge in [-0.15, -0.1) is 11.6 Å². The Balaban J connectivity index is 3.21. The van der Waals surface area contributed by atoms with Gasteiger partial charge in [-0.25, -0.2) is 8.78 Å². The molecule has 0 fully saturated rings. The minimum Gasteiger partial charge on any atom is -0.495 e. The van der Waals surface area contributed by atoms with E-state index in [1.807, 2.05) is 0 Å². The number of hydrogen-bond acceptors (Lipinski definition) is 2. The highest BCUT2D eigenvalue weighted by Crippen LogP contribution is 2.31. The normalized spacial score (nSPS) is 10.5. The van der Waals surface area contributed by atoms with Crippen molar-refractivity contribution in [3.05, 3.63) is 23.5 Å². The van der Waals surface area contributed by atoms with E-state index in [4.69, 9.17) is 16.3 Å². The van der Waals surface area contributed by atoms with Crippen molar-refractivity contribution < 1.29 is 13.5 Å². The number of ether oxygens (including phenoxy) is 1. The lowest BCUT2D eigenvalue weighted by Gasteiger charge is -2.10. The van der Waals surface area contributed by atoms with Crippen molar-refractivity contribution in [1.29, 1.82) is 0 Å². The van der Waals surface area contributed by atoms with Gasteiger partial charge in [-0.05, 0) is 5.56 Å². The quantitative estimate of drug-likeness (QED) is 0.711. The molecular formula is C8H8ClF2NO. The SMILES string of the molecule is COc1cncc(CCl)c1C(F)F. The molecule has 0 saturated heterocycles. The van der Waals surface area contributed by atoms with Crippen molar-refractivity contribution in [2.45, 2.75) is 12.3 Å². The van der Waals surface area contributed by atoms with E-state index in [2.05, 4.69) is 4.98 Å². The van der Waals surface area contributed by atoms with Crippen molar-refractivity contribution in [2.24, 2.45) is 0 Å². The Kier molecular flexibility index (Phi) is 3.42. The van der Waals surface area contributed by atoms with Crippen LogP contribution >= 0.6 is 11.6 Å². The van der Waals surface area contributed by atoms with Crippen LogP contribution in [0.15, 0.2) is 12.4 Å². The van der Waals surface area contributed by atoms with Crippen LogP contribution in [0.25, 0.3) is 0 Å². The zero-order chi connectivity index (χ0) is 9.84. The second-order valence-electron chi connectivity index (χ2n) is 2.35. The maximum absolute atomic E-state index is 12.5. The van der Waals surface area contributed by atoms with Crippen LogP contribution in [0.5, 0.6) is 5.75 Å². The number of nitrogens with zero attached hydrogens (tertiary/aromatic N) is 1. The fraction of sp³-hybridized carbons (Fsp3) is 0.375. The van der Waals surface area contributed by atoms with Gasteiger partial charge in [0.2, 0.25) is 0 Å². The minimum absolute atomic E-state index is 0.00384. The Labute approximate surface area is 79.5 Å². The second-order valence-corrected chi connectivity index (χ2v) is 2.62. The zero-order valence-corrected chi connectivity index (χ0v) is 7.68. The summed E-state index contributed by atoms with van der Waals surface area (Å²) in [6.45, 7) is 0. The standard InChI is InChI=1S/C8H8ClF2NO/c1-13-6-4-12-3-5(2-9)7(6)8(10)11/h3-4,8H,2H2,1H3. The van der Waals surface area contributed by atoms with Gasteiger partial charge in [0.25, 0.3) is 6.43 Å². The van der Waals surface area contributed by atoms with Gasteiger partial charge in [0.05, 0.1) is 18.9 Å². The van der Waals surface area contributed by atoms with Crippen LogP contribution in [0.3, 0.4) is 0 Å². The number of alkyl halides is 3. The Morgan fingerprint density at radius 1 is 1.54 bits per heavy atom. The fourth-order valence-electron chi connectivity index (χ4n) is 1.01. The van der Waals surface area contributed by atoms with Gasteiger partial charge in [-0.1, -0.05) is 0 Å². The van der Waals surface area contributed by atoms with Gasteiger partial charge < -0.3 is 4.74 Å². The molecule has 0 bridgehead atoms. The van der Waals surface area contributed by atoms with Crippen LogP contribution in [0.1, 0.15) is 17.6 Å². The highest BCUT2D eigenvalue weighted by molar-refractivity contribution is 6.17. The number of halogens is 3. The summed E-state index contributed by atoms with van der Waals surface area (Å²) in [6, 6.07) is 0. The first-order valence-electron chi connectivity index (χ1n) is 3.55. The minimum atomic E-state index is -2.59. The number of rotatable bonds is 3. The largest absolute Gasteiger partial charge is 0.495 e. The molecule has 72 valence electrons. The van der Waals surface area contributed by atoms with Crippen LogP contribution in [-0.4, -0.2) is 12.1 Å². The molecule has 0 aliphatic carbocycles. The van der Waals surface area contributed by atoms with Crippen LogP contribution in [-0.2, 0) is 5.88 Å². The number of hydrogen-bond donors (Lipinski definition) is 0. The summed E-state index contributed by atoms with van der Waals surface area (Å²) in [7, 11) is 1.32. The first kappa shape index (κ1) is 10.2. The van der Waals surface area contributed by atoms with E-state index in [-0.39, 0.29) is 17.2 Å². The summed E-state index contributed by atoms with van der Waals surface area (Å²) in [4.78, 5) is 3.73. The third kappa shape index (κ3) is 2.06. The molecule has 1 rings (SSSR count). The summed E-state index contributed by atoms with van der Waals surface area (Å²) in [5.74, 6) is 0.0808. The van der Waals surface area contributed by atoms with Crippen LogP contribution < -0.4 is 4.74 Å². The van der Waals surface area contributed by atoms with Gasteiger partial charge in [0, 0.05) is 12.1 Å². The Hall–Kier alpha value is -0.900. The summed E-state index contributed by atoms with van der Waals surface area (Å²) in [5, 5.41) is 0. The molecule has 5 heteroatoms. The molecule has 1 heterocycles. The summed E-state index contributed by atoms with van der Waals surface area (Å²) >= 11 is 5.48. The molecule has 0 aliphatic rings. The third-order valence-electron chi connectivity index (χ3n) is 1.62. The maximum Gasteiger partial charge on any atom is 0.267 e. The molecule has 0 aromatic carbocycles. The monoisotopic (exact) mass is 207 g/mol. The van der Waals surface area contributed by atoms with E-state index < -0.39 is 6.43 Å². The van der Waals surface area contributed by atoms with E-state index in [0.717, 1.165) is 0 Å². The Morgan fingerprint density at radius 2 is 2.23 bits per heavy atom. The lowest BCUT2D eigenvalue weighted by molar-refractivity contribution is 0.146. The van der Waals surface area contributed by atoms with E-state index in [9.17, 15) is 8.78 Å². The third-order valence-corrected chi connectivity index (χ3v) is 1.90. The number of aromatic nitrogens is 1. The first-order valence-corrected chi connectivity index (χ1v) is 4.09. The van der Waals surface area contributed by atoms with Crippen LogP contribution in [0.4, 0.5) is 8.78 Å². The van der Waals surface area contributed by atoms with Gasteiger partial charge in [-0.2, -0.15) is 0 Å². The van der Waals surface area contributed by atoms with Crippen molar-refractivity contribution in [1.82, 2.24) is 4.98 Å². The average molecular weight is 208 g/mol.